The lowest BCUT2D eigenvalue weighted by molar-refractivity contribution is -0.140. The predicted octanol–water partition coefficient (Wildman–Crippen LogP) is 5.60. The number of rotatable bonds is 5. The van der Waals surface area contributed by atoms with Crippen LogP contribution in [0, 0.1) is 13.8 Å². The average molecular weight is 356 g/mol. The first kappa shape index (κ1) is 17.6. The van der Waals surface area contributed by atoms with Crippen LogP contribution in [0.25, 0.3) is 22.2 Å². The van der Waals surface area contributed by atoms with Crippen LogP contribution in [0.15, 0.2) is 36.4 Å². The molecule has 0 radical (unpaired) electrons. The fourth-order valence-electron chi connectivity index (χ4n) is 3.13. The van der Waals surface area contributed by atoms with Crippen molar-refractivity contribution in [2.45, 2.75) is 33.1 Å². The second-order valence-corrected chi connectivity index (χ2v) is 6.83. The zero-order chi connectivity index (χ0) is 18.0. The average Bonchev–Trinajstić information content (AvgIpc) is 2.95. The topological polar surface area (TPSA) is 42.1 Å². The van der Waals surface area contributed by atoms with Gasteiger partial charge in [0.05, 0.1) is 7.11 Å². The maximum absolute atomic E-state index is 11.4. The van der Waals surface area contributed by atoms with Crippen LogP contribution < -0.4 is 0 Å². The van der Waals surface area contributed by atoms with E-state index in [1.165, 1.54) is 23.8 Å². The lowest BCUT2D eigenvalue weighted by atomic mass is 9.98. The van der Waals surface area contributed by atoms with E-state index < -0.39 is 0 Å². The van der Waals surface area contributed by atoms with Gasteiger partial charge in [0.2, 0.25) is 0 Å². The SMILES string of the molecule is COC(=O)CCCc1c(-c2ccc(C)c(C)c2)[nH]c2ccc(Cl)cc12. The molecular formula is C21H22ClNO2. The maximum Gasteiger partial charge on any atom is 0.305 e. The Bertz CT molecular complexity index is 927. The molecule has 0 unspecified atom stereocenters. The van der Waals surface area contributed by atoms with E-state index in [-0.39, 0.29) is 5.97 Å². The van der Waals surface area contributed by atoms with Gasteiger partial charge in [-0.25, -0.2) is 0 Å². The van der Waals surface area contributed by atoms with Gasteiger partial charge in [0.25, 0.3) is 0 Å². The Kier molecular flexibility index (Phi) is 5.14. The fraction of sp³-hybridized carbons (Fsp3) is 0.286. The molecule has 0 saturated carbocycles. The molecular weight excluding hydrogens is 334 g/mol. The third-order valence-corrected chi connectivity index (χ3v) is 4.93. The molecule has 0 atom stereocenters. The summed E-state index contributed by atoms with van der Waals surface area (Å²) in [6.45, 7) is 4.23. The van der Waals surface area contributed by atoms with Crippen LogP contribution in [-0.2, 0) is 16.0 Å². The quantitative estimate of drug-likeness (QED) is 0.605. The molecule has 25 heavy (non-hydrogen) atoms. The Morgan fingerprint density at radius 1 is 1.12 bits per heavy atom. The molecule has 0 aliphatic carbocycles. The number of carbonyl (C=O) groups is 1. The number of hydrogen-bond acceptors (Lipinski definition) is 2. The van der Waals surface area contributed by atoms with E-state index in [0.29, 0.717) is 11.4 Å². The molecule has 1 aromatic heterocycles. The summed E-state index contributed by atoms with van der Waals surface area (Å²) in [5, 5.41) is 1.83. The predicted molar refractivity (Wildman–Crippen MR) is 103 cm³/mol. The van der Waals surface area contributed by atoms with E-state index in [4.69, 9.17) is 16.3 Å². The molecule has 0 bridgehead atoms. The Morgan fingerprint density at radius 3 is 2.64 bits per heavy atom. The van der Waals surface area contributed by atoms with Gasteiger partial charge in [0, 0.05) is 28.0 Å². The maximum atomic E-state index is 11.4. The molecule has 3 rings (SSSR count). The Labute approximate surface area is 153 Å². The van der Waals surface area contributed by atoms with E-state index >= 15 is 0 Å². The van der Waals surface area contributed by atoms with Crippen LogP contribution in [0.1, 0.15) is 29.5 Å². The second-order valence-electron chi connectivity index (χ2n) is 6.40. The molecule has 4 heteroatoms. The molecule has 2 aromatic carbocycles. The number of esters is 1. The lowest BCUT2D eigenvalue weighted by Gasteiger charge is -2.08. The van der Waals surface area contributed by atoms with Crippen LogP contribution in [0.4, 0.5) is 0 Å². The number of aromatic amines is 1. The highest BCUT2D eigenvalue weighted by molar-refractivity contribution is 6.31. The first-order valence-corrected chi connectivity index (χ1v) is 8.82. The minimum absolute atomic E-state index is 0.175. The van der Waals surface area contributed by atoms with Crippen LogP contribution in [-0.4, -0.2) is 18.1 Å². The van der Waals surface area contributed by atoms with Gasteiger partial charge >= 0.3 is 5.97 Å². The summed E-state index contributed by atoms with van der Waals surface area (Å²) < 4.78 is 4.75. The van der Waals surface area contributed by atoms with Gasteiger partial charge in [0.1, 0.15) is 0 Å². The number of aromatic nitrogens is 1. The number of benzene rings is 2. The van der Waals surface area contributed by atoms with Gasteiger partial charge in [-0.15, -0.1) is 0 Å². The molecule has 0 aliphatic heterocycles. The third kappa shape index (κ3) is 3.72. The van der Waals surface area contributed by atoms with E-state index in [1.807, 2.05) is 18.2 Å². The summed E-state index contributed by atoms with van der Waals surface area (Å²) in [5.74, 6) is -0.175. The Morgan fingerprint density at radius 2 is 1.92 bits per heavy atom. The highest BCUT2D eigenvalue weighted by Gasteiger charge is 2.15. The zero-order valence-corrected chi connectivity index (χ0v) is 15.5. The van der Waals surface area contributed by atoms with Crippen LogP contribution in [0.2, 0.25) is 5.02 Å². The molecule has 0 aliphatic rings. The largest absolute Gasteiger partial charge is 0.469 e. The summed E-state index contributed by atoms with van der Waals surface area (Å²) in [6.07, 6.45) is 1.94. The van der Waals surface area contributed by atoms with Gasteiger partial charge in [-0.1, -0.05) is 23.7 Å². The number of H-pyrrole nitrogens is 1. The summed E-state index contributed by atoms with van der Waals surface area (Å²) in [4.78, 5) is 15.0. The van der Waals surface area contributed by atoms with Crippen LogP contribution in [0.3, 0.4) is 0 Å². The van der Waals surface area contributed by atoms with Crippen LogP contribution >= 0.6 is 11.6 Å². The number of hydrogen-bond donors (Lipinski definition) is 1. The van der Waals surface area contributed by atoms with Gasteiger partial charge in [-0.05, 0) is 73.2 Å². The highest BCUT2D eigenvalue weighted by atomic mass is 35.5. The van der Waals surface area contributed by atoms with Gasteiger partial charge in [-0.3, -0.25) is 4.79 Å². The standard InChI is InChI=1S/C21H22ClNO2/c1-13-7-8-15(11-14(13)2)21-17(5-4-6-20(24)25-3)18-12-16(22)9-10-19(18)23-21/h7-12,23H,4-6H2,1-3H3. The molecule has 3 aromatic rings. The van der Waals surface area contributed by atoms with Crippen LogP contribution in [0.5, 0.6) is 0 Å². The Balaban J connectivity index is 2.05. The first-order valence-electron chi connectivity index (χ1n) is 8.44. The third-order valence-electron chi connectivity index (χ3n) is 4.70. The number of fused-ring (bicyclic) bond motifs is 1. The fourth-order valence-corrected chi connectivity index (χ4v) is 3.31. The molecule has 130 valence electrons. The minimum Gasteiger partial charge on any atom is -0.469 e. The van der Waals surface area contributed by atoms with E-state index in [0.717, 1.165) is 35.0 Å². The smallest absolute Gasteiger partial charge is 0.305 e. The van der Waals surface area contributed by atoms with Crippen molar-refractivity contribution >= 4 is 28.5 Å². The molecule has 1 N–H and O–H groups in total. The summed E-state index contributed by atoms with van der Waals surface area (Å²) in [5.41, 5.74) is 7.05. The normalized spacial score (nSPS) is 11.0. The van der Waals surface area contributed by atoms with Crippen molar-refractivity contribution in [3.05, 3.63) is 58.1 Å². The molecule has 1 heterocycles. The van der Waals surface area contributed by atoms with Gasteiger partial charge in [0.15, 0.2) is 0 Å². The molecule has 0 spiro atoms. The van der Waals surface area contributed by atoms with Crippen molar-refractivity contribution in [3.8, 4) is 11.3 Å². The lowest BCUT2D eigenvalue weighted by Crippen LogP contribution is -2.00. The van der Waals surface area contributed by atoms with Crippen molar-refractivity contribution < 1.29 is 9.53 Å². The van der Waals surface area contributed by atoms with Crippen molar-refractivity contribution in [2.75, 3.05) is 7.11 Å². The number of carbonyl (C=O) groups excluding carboxylic acids is 1. The monoisotopic (exact) mass is 355 g/mol. The Hall–Kier alpha value is -2.26. The van der Waals surface area contributed by atoms with E-state index in [1.54, 1.807) is 0 Å². The summed E-state index contributed by atoms with van der Waals surface area (Å²) in [6, 6.07) is 12.4. The van der Waals surface area contributed by atoms with Gasteiger partial charge in [-0.2, -0.15) is 0 Å². The number of halogens is 1. The molecule has 3 nitrogen and oxygen atoms in total. The molecule has 0 fully saturated rings. The number of methoxy groups -OCH3 is 1. The minimum atomic E-state index is -0.175. The van der Waals surface area contributed by atoms with Crippen molar-refractivity contribution in [1.29, 1.82) is 0 Å². The molecule has 0 saturated heterocycles. The van der Waals surface area contributed by atoms with Crippen molar-refractivity contribution in [3.63, 3.8) is 0 Å². The second kappa shape index (κ2) is 7.32. The zero-order valence-electron chi connectivity index (χ0n) is 14.8. The van der Waals surface area contributed by atoms with Crippen molar-refractivity contribution in [2.24, 2.45) is 0 Å². The summed E-state index contributed by atoms with van der Waals surface area (Å²) >= 11 is 6.21. The summed E-state index contributed by atoms with van der Waals surface area (Å²) in [7, 11) is 1.42. The highest BCUT2D eigenvalue weighted by Crippen LogP contribution is 2.33. The van der Waals surface area contributed by atoms with E-state index in [9.17, 15) is 4.79 Å². The first-order chi connectivity index (χ1) is 12.0. The van der Waals surface area contributed by atoms with Crippen molar-refractivity contribution in [1.82, 2.24) is 4.98 Å². The number of nitrogens with one attached hydrogen (secondary N) is 1. The van der Waals surface area contributed by atoms with E-state index in [2.05, 4.69) is 37.0 Å². The molecule has 0 amide bonds. The van der Waals surface area contributed by atoms with Gasteiger partial charge < -0.3 is 9.72 Å². The number of aryl methyl sites for hydroxylation is 3. The number of ether oxygens (including phenoxy) is 1.